The molecular weight excluding hydrogens is 272 g/mol. The Morgan fingerprint density at radius 3 is 0.900 bits per heavy atom. The fraction of sp³-hybridized carbons (Fsp3) is 0.167. The van der Waals surface area contributed by atoms with Gasteiger partial charge in [0.15, 0.2) is 0 Å². The van der Waals surface area contributed by atoms with E-state index < -0.39 is 23.9 Å². The first kappa shape index (κ1) is 19.4. The van der Waals surface area contributed by atoms with E-state index in [1.54, 1.807) is 0 Å². The van der Waals surface area contributed by atoms with Crippen LogP contribution in [-0.4, -0.2) is 44.3 Å². The molecule has 1 aromatic rings. The first-order valence-electron chi connectivity index (χ1n) is 5.03. The van der Waals surface area contributed by atoms with E-state index in [-0.39, 0.29) is 11.1 Å². The number of carbonyl (C=O) groups is 4. The van der Waals surface area contributed by atoms with Crippen molar-refractivity contribution >= 4 is 23.9 Å². The molecule has 0 bridgehead atoms. The highest BCUT2D eigenvalue weighted by Crippen LogP contribution is 2.03. The molecule has 0 saturated carbocycles. The molecule has 4 N–H and O–H groups in total. The average Bonchev–Trinajstić information content (AvgIpc) is 2.27. The third-order valence-corrected chi connectivity index (χ3v) is 1.38. The third kappa shape index (κ3) is 13.2. The van der Waals surface area contributed by atoms with Crippen LogP contribution in [0.2, 0.25) is 0 Å². The van der Waals surface area contributed by atoms with Crippen molar-refractivity contribution in [2.75, 3.05) is 0 Å². The van der Waals surface area contributed by atoms with Gasteiger partial charge in [0.05, 0.1) is 11.1 Å². The van der Waals surface area contributed by atoms with Crippen molar-refractivity contribution in [3.05, 3.63) is 35.4 Å². The molecule has 0 amide bonds. The maximum atomic E-state index is 10.3. The van der Waals surface area contributed by atoms with Gasteiger partial charge in [-0.2, -0.15) is 0 Å². The van der Waals surface area contributed by atoms with Crippen LogP contribution in [0, 0.1) is 0 Å². The molecule has 0 radical (unpaired) electrons. The van der Waals surface area contributed by atoms with Crippen LogP contribution in [0.3, 0.4) is 0 Å². The quantitative estimate of drug-likeness (QED) is 0.634. The summed E-state index contributed by atoms with van der Waals surface area (Å²) in [7, 11) is 0. The van der Waals surface area contributed by atoms with E-state index in [0.717, 1.165) is 13.8 Å². The van der Waals surface area contributed by atoms with Gasteiger partial charge in [-0.1, -0.05) is 0 Å². The number of carboxylic acids is 4. The maximum absolute atomic E-state index is 10.3. The summed E-state index contributed by atoms with van der Waals surface area (Å²) in [6.07, 6.45) is 0. The van der Waals surface area contributed by atoms with E-state index in [0.29, 0.717) is 0 Å². The standard InChI is InChI=1S/C8H6O4.2C2H4O2/c9-7(10)5-1-2-6(4-3-5)8(11)12;2*1-2(3)4/h1-4H,(H,9,10)(H,11,12);2*1H3,(H,3,4). The average molecular weight is 286 g/mol. The number of hydrogen-bond acceptors (Lipinski definition) is 4. The van der Waals surface area contributed by atoms with Crippen molar-refractivity contribution in [2.45, 2.75) is 13.8 Å². The van der Waals surface area contributed by atoms with Crippen molar-refractivity contribution in [1.29, 1.82) is 0 Å². The highest BCUT2D eigenvalue weighted by atomic mass is 16.4. The first-order chi connectivity index (χ1) is 9.07. The summed E-state index contributed by atoms with van der Waals surface area (Å²) in [5, 5.41) is 31.8. The predicted molar refractivity (Wildman–Crippen MR) is 67.0 cm³/mol. The zero-order valence-electron chi connectivity index (χ0n) is 10.7. The Kier molecular flexibility index (Phi) is 9.78. The van der Waals surface area contributed by atoms with Gasteiger partial charge in [0.2, 0.25) is 0 Å². The lowest BCUT2D eigenvalue weighted by Crippen LogP contribution is -1.99. The third-order valence-electron chi connectivity index (χ3n) is 1.38. The largest absolute Gasteiger partial charge is 0.481 e. The Hall–Kier alpha value is -2.90. The number of aromatic carboxylic acids is 2. The van der Waals surface area contributed by atoms with Crippen LogP contribution in [0.25, 0.3) is 0 Å². The lowest BCUT2D eigenvalue weighted by atomic mass is 10.1. The van der Waals surface area contributed by atoms with Gasteiger partial charge in [0.1, 0.15) is 0 Å². The van der Waals surface area contributed by atoms with Gasteiger partial charge in [-0.3, -0.25) is 9.59 Å². The van der Waals surface area contributed by atoms with E-state index in [2.05, 4.69) is 0 Å². The lowest BCUT2D eigenvalue weighted by Gasteiger charge is -1.94. The molecule has 1 rings (SSSR count). The molecule has 0 atom stereocenters. The molecule has 1 aromatic carbocycles. The molecule has 110 valence electrons. The molecule has 0 spiro atoms. The molecule has 0 aliphatic heterocycles. The van der Waals surface area contributed by atoms with Crippen LogP contribution in [0.1, 0.15) is 34.6 Å². The highest BCUT2D eigenvalue weighted by molar-refractivity contribution is 5.91. The van der Waals surface area contributed by atoms with Gasteiger partial charge in [-0.15, -0.1) is 0 Å². The van der Waals surface area contributed by atoms with Crippen LogP contribution in [0.5, 0.6) is 0 Å². The van der Waals surface area contributed by atoms with E-state index >= 15 is 0 Å². The van der Waals surface area contributed by atoms with Gasteiger partial charge in [-0.25, -0.2) is 9.59 Å². The van der Waals surface area contributed by atoms with E-state index in [9.17, 15) is 9.59 Å². The van der Waals surface area contributed by atoms with Crippen molar-refractivity contribution in [2.24, 2.45) is 0 Å². The molecule has 20 heavy (non-hydrogen) atoms. The maximum Gasteiger partial charge on any atom is 0.335 e. The minimum atomic E-state index is -1.06. The zero-order chi connectivity index (χ0) is 16.3. The SMILES string of the molecule is CC(=O)O.CC(=O)O.O=C(O)c1ccc(C(=O)O)cc1. The Morgan fingerprint density at radius 1 is 0.650 bits per heavy atom. The Labute approximate surface area is 113 Å². The van der Waals surface area contributed by atoms with Crippen LogP contribution in [-0.2, 0) is 9.59 Å². The second-order valence-corrected chi connectivity index (χ2v) is 3.23. The number of aliphatic carboxylic acids is 2. The van der Waals surface area contributed by atoms with Gasteiger partial charge >= 0.3 is 11.9 Å². The Balaban J connectivity index is 0. The predicted octanol–water partition coefficient (Wildman–Crippen LogP) is 1.26. The summed E-state index contributed by atoms with van der Waals surface area (Å²) in [5.41, 5.74) is 0.167. The molecule has 0 heterocycles. The Morgan fingerprint density at radius 2 is 0.800 bits per heavy atom. The van der Waals surface area contributed by atoms with E-state index in [4.69, 9.17) is 30.0 Å². The smallest absolute Gasteiger partial charge is 0.335 e. The van der Waals surface area contributed by atoms with Crippen molar-refractivity contribution in [3.63, 3.8) is 0 Å². The minimum absolute atomic E-state index is 0.0833. The summed E-state index contributed by atoms with van der Waals surface area (Å²) >= 11 is 0. The molecule has 0 aliphatic rings. The van der Waals surface area contributed by atoms with Crippen molar-refractivity contribution in [3.8, 4) is 0 Å². The monoisotopic (exact) mass is 286 g/mol. The molecule has 0 unspecified atom stereocenters. The number of benzene rings is 1. The number of hydrogen-bond donors (Lipinski definition) is 4. The minimum Gasteiger partial charge on any atom is -0.481 e. The van der Waals surface area contributed by atoms with Gasteiger partial charge in [0, 0.05) is 13.8 Å². The highest BCUT2D eigenvalue weighted by Gasteiger charge is 2.04. The second kappa shape index (κ2) is 10.1. The first-order valence-corrected chi connectivity index (χ1v) is 5.03. The van der Waals surface area contributed by atoms with Crippen LogP contribution in [0.4, 0.5) is 0 Å². The summed E-state index contributed by atoms with van der Waals surface area (Å²) in [5.74, 6) is -3.79. The second-order valence-electron chi connectivity index (χ2n) is 3.23. The fourth-order valence-electron chi connectivity index (χ4n) is 0.755. The van der Waals surface area contributed by atoms with Crippen molar-refractivity contribution < 1.29 is 39.6 Å². The Bertz CT molecular complexity index is 422. The van der Waals surface area contributed by atoms with Gasteiger partial charge in [0.25, 0.3) is 11.9 Å². The zero-order valence-corrected chi connectivity index (χ0v) is 10.7. The fourth-order valence-corrected chi connectivity index (χ4v) is 0.755. The van der Waals surface area contributed by atoms with Crippen LogP contribution >= 0.6 is 0 Å². The van der Waals surface area contributed by atoms with E-state index in [1.807, 2.05) is 0 Å². The number of carboxylic acid groups (broad SMARTS) is 4. The topological polar surface area (TPSA) is 149 Å². The summed E-state index contributed by atoms with van der Waals surface area (Å²) in [6, 6.07) is 5.02. The summed E-state index contributed by atoms with van der Waals surface area (Å²) in [6.45, 7) is 2.17. The van der Waals surface area contributed by atoms with Crippen LogP contribution < -0.4 is 0 Å². The summed E-state index contributed by atoms with van der Waals surface area (Å²) < 4.78 is 0. The molecular formula is C12H14O8. The molecule has 0 aliphatic carbocycles. The number of rotatable bonds is 2. The van der Waals surface area contributed by atoms with Crippen LogP contribution in [0.15, 0.2) is 24.3 Å². The van der Waals surface area contributed by atoms with E-state index in [1.165, 1.54) is 24.3 Å². The summed E-state index contributed by atoms with van der Waals surface area (Å²) in [4.78, 5) is 38.7. The molecule has 8 nitrogen and oxygen atoms in total. The lowest BCUT2D eigenvalue weighted by molar-refractivity contribution is -0.135. The van der Waals surface area contributed by atoms with Gasteiger partial charge in [-0.05, 0) is 24.3 Å². The normalized spacial score (nSPS) is 8.10. The molecule has 0 aromatic heterocycles. The molecule has 0 fully saturated rings. The van der Waals surface area contributed by atoms with Crippen molar-refractivity contribution in [1.82, 2.24) is 0 Å². The molecule has 0 saturated heterocycles. The van der Waals surface area contributed by atoms with Gasteiger partial charge < -0.3 is 20.4 Å². The molecule has 8 heteroatoms.